The first-order chi connectivity index (χ1) is 13.8. The van der Waals surface area contributed by atoms with Crippen molar-refractivity contribution in [3.8, 4) is 11.1 Å². The fourth-order valence-electron chi connectivity index (χ4n) is 3.87. The molecule has 0 atom stereocenters. The fourth-order valence-corrected chi connectivity index (χ4v) is 3.87. The molecule has 1 aromatic heterocycles. The number of hydrogen-bond acceptors (Lipinski definition) is 4. The molecular formula is C24H28N4. The molecule has 0 bridgehead atoms. The fraction of sp³-hybridized carbons (Fsp3) is 0.292. The van der Waals surface area contributed by atoms with E-state index in [-0.39, 0.29) is 0 Å². The number of anilines is 1. The molecule has 0 radical (unpaired) electrons. The van der Waals surface area contributed by atoms with Crippen molar-refractivity contribution in [2.75, 3.05) is 38.5 Å². The summed E-state index contributed by atoms with van der Waals surface area (Å²) in [5, 5.41) is 0. The maximum Gasteiger partial charge on any atom is 0.0580 e. The highest BCUT2D eigenvalue weighted by Gasteiger charge is 2.17. The van der Waals surface area contributed by atoms with E-state index in [1.165, 1.54) is 16.7 Å². The Kier molecular flexibility index (Phi) is 6.00. The van der Waals surface area contributed by atoms with Crippen LogP contribution in [0.2, 0.25) is 0 Å². The Hall–Kier alpha value is -2.69. The molecule has 4 rings (SSSR count). The lowest BCUT2D eigenvalue weighted by atomic mass is 10.0. The Morgan fingerprint density at radius 2 is 1.57 bits per heavy atom. The second-order valence-electron chi connectivity index (χ2n) is 7.52. The molecule has 144 valence electrons. The summed E-state index contributed by atoms with van der Waals surface area (Å²) in [6.07, 6.45) is 4.65. The van der Waals surface area contributed by atoms with Gasteiger partial charge in [-0.2, -0.15) is 0 Å². The molecule has 0 unspecified atom stereocenters. The Morgan fingerprint density at radius 3 is 2.36 bits per heavy atom. The standard InChI is InChI=1S/C24H28N4/c25-24-18-26-11-9-23(24)22-8-4-7-21(17-22)19-28-15-13-27(14-16-28)12-10-20-5-2-1-3-6-20/h1-9,11,17-18H,10,12-16,19,25H2. The molecule has 0 saturated carbocycles. The number of piperazine rings is 1. The first-order valence-electron chi connectivity index (χ1n) is 10.1. The second-order valence-corrected chi connectivity index (χ2v) is 7.52. The Labute approximate surface area is 167 Å². The third kappa shape index (κ3) is 4.77. The monoisotopic (exact) mass is 372 g/mol. The highest BCUT2D eigenvalue weighted by atomic mass is 15.3. The summed E-state index contributed by atoms with van der Waals surface area (Å²) in [5.74, 6) is 0. The number of hydrogen-bond donors (Lipinski definition) is 1. The molecule has 1 aliphatic heterocycles. The maximum atomic E-state index is 6.09. The van der Waals surface area contributed by atoms with Crippen LogP contribution >= 0.6 is 0 Å². The van der Waals surface area contributed by atoms with E-state index in [4.69, 9.17) is 5.73 Å². The molecule has 2 heterocycles. The van der Waals surface area contributed by atoms with Crippen molar-refractivity contribution < 1.29 is 0 Å². The minimum absolute atomic E-state index is 0.728. The molecule has 0 amide bonds. The lowest BCUT2D eigenvalue weighted by Crippen LogP contribution is -2.46. The van der Waals surface area contributed by atoms with E-state index in [0.717, 1.165) is 56.9 Å². The summed E-state index contributed by atoms with van der Waals surface area (Å²) in [6.45, 7) is 6.67. The molecule has 4 heteroatoms. The van der Waals surface area contributed by atoms with Crippen LogP contribution in [0.15, 0.2) is 73.1 Å². The van der Waals surface area contributed by atoms with Gasteiger partial charge in [0.15, 0.2) is 0 Å². The van der Waals surface area contributed by atoms with Gasteiger partial charge in [-0.05, 0) is 35.2 Å². The van der Waals surface area contributed by atoms with Crippen molar-refractivity contribution in [1.29, 1.82) is 0 Å². The van der Waals surface area contributed by atoms with E-state index in [0.29, 0.717) is 0 Å². The molecular weight excluding hydrogens is 344 g/mol. The van der Waals surface area contributed by atoms with E-state index in [9.17, 15) is 0 Å². The van der Waals surface area contributed by atoms with Crippen molar-refractivity contribution >= 4 is 5.69 Å². The average molecular weight is 373 g/mol. The van der Waals surface area contributed by atoms with E-state index in [1.807, 2.05) is 6.07 Å². The van der Waals surface area contributed by atoms with E-state index in [1.54, 1.807) is 12.4 Å². The molecule has 2 N–H and O–H groups in total. The van der Waals surface area contributed by atoms with Gasteiger partial charge in [0.25, 0.3) is 0 Å². The first kappa shape index (κ1) is 18.7. The molecule has 0 aliphatic carbocycles. The molecule has 28 heavy (non-hydrogen) atoms. The second kappa shape index (κ2) is 9.00. The lowest BCUT2D eigenvalue weighted by molar-refractivity contribution is 0.128. The predicted molar refractivity (Wildman–Crippen MR) is 116 cm³/mol. The average Bonchev–Trinajstić information content (AvgIpc) is 2.75. The Balaban J connectivity index is 1.30. The molecule has 0 spiro atoms. The third-order valence-corrected chi connectivity index (χ3v) is 5.52. The zero-order chi connectivity index (χ0) is 19.2. The Morgan fingerprint density at radius 1 is 0.821 bits per heavy atom. The van der Waals surface area contributed by atoms with Crippen LogP contribution in [-0.2, 0) is 13.0 Å². The van der Waals surface area contributed by atoms with Crippen molar-refractivity contribution in [2.24, 2.45) is 0 Å². The van der Waals surface area contributed by atoms with Crippen molar-refractivity contribution in [3.05, 3.63) is 84.2 Å². The highest BCUT2D eigenvalue weighted by Crippen LogP contribution is 2.25. The quantitative estimate of drug-likeness (QED) is 0.717. The van der Waals surface area contributed by atoms with E-state index >= 15 is 0 Å². The third-order valence-electron chi connectivity index (χ3n) is 5.52. The summed E-state index contributed by atoms with van der Waals surface area (Å²) in [7, 11) is 0. The van der Waals surface area contributed by atoms with Gasteiger partial charge in [0.1, 0.15) is 0 Å². The molecule has 1 fully saturated rings. The number of nitrogens with zero attached hydrogens (tertiary/aromatic N) is 3. The number of pyridine rings is 1. The van der Waals surface area contributed by atoms with E-state index < -0.39 is 0 Å². The normalized spacial score (nSPS) is 15.6. The van der Waals surface area contributed by atoms with Crippen molar-refractivity contribution in [1.82, 2.24) is 14.8 Å². The first-order valence-corrected chi connectivity index (χ1v) is 10.1. The minimum Gasteiger partial charge on any atom is -0.397 e. The zero-order valence-corrected chi connectivity index (χ0v) is 16.3. The van der Waals surface area contributed by atoms with Crippen LogP contribution in [0.3, 0.4) is 0 Å². The van der Waals surface area contributed by atoms with Gasteiger partial charge < -0.3 is 10.6 Å². The van der Waals surface area contributed by atoms with Crippen molar-refractivity contribution in [3.63, 3.8) is 0 Å². The van der Waals surface area contributed by atoms with Crippen LogP contribution in [0, 0.1) is 0 Å². The smallest absolute Gasteiger partial charge is 0.0580 e. The van der Waals surface area contributed by atoms with E-state index in [2.05, 4.69) is 69.4 Å². The molecule has 3 aromatic rings. The zero-order valence-electron chi connectivity index (χ0n) is 16.3. The predicted octanol–water partition coefficient (Wildman–Crippen LogP) is 3.69. The summed E-state index contributed by atoms with van der Waals surface area (Å²) < 4.78 is 0. The van der Waals surface area contributed by atoms with Gasteiger partial charge in [-0.15, -0.1) is 0 Å². The van der Waals surface area contributed by atoms with Gasteiger partial charge in [0.2, 0.25) is 0 Å². The Bertz CT molecular complexity index is 886. The van der Waals surface area contributed by atoms with Gasteiger partial charge in [-0.3, -0.25) is 9.88 Å². The van der Waals surface area contributed by atoms with Gasteiger partial charge >= 0.3 is 0 Å². The summed E-state index contributed by atoms with van der Waals surface area (Å²) in [5.41, 5.74) is 11.8. The van der Waals surface area contributed by atoms with Crippen LogP contribution in [-0.4, -0.2) is 47.5 Å². The number of nitrogens with two attached hydrogens (primary N) is 1. The highest BCUT2D eigenvalue weighted by molar-refractivity contribution is 5.75. The summed E-state index contributed by atoms with van der Waals surface area (Å²) in [4.78, 5) is 9.22. The molecule has 2 aromatic carbocycles. The van der Waals surface area contributed by atoms with Gasteiger partial charge in [-0.1, -0.05) is 48.5 Å². The SMILES string of the molecule is Nc1cnccc1-c1cccc(CN2CCN(CCc3ccccc3)CC2)c1. The van der Waals surface area contributed by atoms with Crippen LogP contribution < -0.4 is 5.73 Å². The maximum absolute atomic E-state index is 6.09. The van der Waals surface area contributed by atoms with Crippen LogP contribution in [0.5, 0.6) is 0 Å². The molecule has 1 aliphatic rings. The van der Waals surface area contributed by atoms with Gasteiger partial charge in [-0.25, -0.2) is 0 Å². The lowest BCUT2D eigenvalue weighted by Gasteiger charge is -2.34. The van der Waals surface area contributed by atoms with Crippen LogP contribution in [0.1, 0.15) is 11.1 Å². The van der Waals surface area contributed by atoms with Crippen molar-refractivity contribution in [2.45, 2.75) is 13.0 Å². The molecule has 1 saturated heterocycles. The van der Waals surface area contributed by atoms with Crippen LogP contribution in [0.25, 0.3) is 11.1 Å². The largest absolute Gasteiger partial charge is 0.397 e. The number of nitrogen functional groups attached to an aromatic ring is 1. The van der Waals surface area contributed by atoms with Crippen LogP contribution in [0.4, 0.5) is 5.69 Å². The van der Waals surface area contributed by atoms with Gasteiger partial charge in [0, 0.05) is 51.0 Å². The summed E-state index contributed by atoms with van der Waals surface area (Å²) >= 11 is 0. The minimum atomic E-state index is 0.728. The number of benzene rings is 2. The molecule has 4 nitrogen and oxygen atoms in total. The number of rotatable bonds is 6. The number of aromatic nitrogens is 1. The topological polar surface area (TPSA) is 45.4 Å². The summed E-state index contributed by atoms with van der Waals surface area (Å²) in [6, 6.07) is 21.5. The van der Waals surface area contributed by atoms with Gasteiger partial charge in [0.05, 0.1) is 11.9 Å².